The van der Waals surface area contributed by atoms with Crippen LogP contribution in [0.25, 0.3) is 10.6 Å². The third-order valence-electron chi connectivity index (χ3n) is 2.61. The van der Waals surface area contributed by atoms with E-state index in [-0.39, 0.29) is 6.61 Å². The average molecular weight is 312 g/mol. The van der Waals surface area contributed by atoms with Crippen LogP contribution in [0.4, 0.5) is 0 Å². The van der Waals surface area contributed by atoms with Crippen LogP contribution in [0, 0.1) is 0 Å². The summed E-state index contributed by atoms with van der Waals surface area (Å²) in [4.78, 5) is 4.54. The molecule has 0 spiro atoms. The van der Waals surface area contributed by atoms with E-state index in [1.165, 1.54) is 5.56 Å². The largest absolute Gasteiger partial charge is 0.396 e. The molecule has 2 nitrogen and oxygen atoms in total. The Balaban J connectivity index is 2.29. The van der Waals surface area contributed by atoms with E-state index in [0.29, 0.717) is 6.42 Å². The summed E-state index contributed by atoms with van der Waals surface area (Å²) in [7, 11) is 0. The van der Waals surface area contributed by atoms with Gasteiger partial charge in [0.15, 0.2) is 0 Å². The molecule has 90 valence electrons. The summed E-state index contributed by atoms with van der Waals surface area (Å²) >= 11 is 5.10. The van der Waals surface area contributed by atoms with Crippen molar-refractivity contribution in [3.05, 3.63) is 39.3 Å². The van der Waals surface area contributed by atoms with Crippen LogP contribution in [-0.4, -0.2) is 16.7 Å². The van der Waals surface area contributed by atoms with Crippen molar-refractivity contribution in [3.63, 3.8) is 0 Å². The van der Waals surface area contributed by atoms with Gasteiger partial charge in [0, 0.05) is 18.6 Å². The molecule has 0 aliphatic carbocycles. The fourth-order valence-corrected chi connectivity index (χ4v) is 3.19. The van der Waals surface area contributed by atoms with Crippen molar-refractivity contribution >= 4 is 27.3 Å². The van der Waals surface area contributed by atoms with Gasteiger partial charge in [0.2, 0.25) is 0 Å². The molecule has 0 amide bonds. The van der Waals surface area contributed by atoms with Gasteiger partial charge in [0.25, 0.3) is 0 Å². The molecular formula is C13H14BrNOS. The number of benzene rings is 1. The van der Waals surface area contributed by atoms with Crippen LogP contribution in [-0.2, 0) is 12.8 Å². The van der Waals surface area contributed by atoms with Crippen molar-refractivity contribution in [1.82, 2.24) is 4.98 Å². The molecule has 1 aromatic carbocycles. The molecule has 2 rings (SSSR count). The van der Waals surface area contributed by atoms with Crippen molar-refractivity contribution in [2.75, 3.05) is 6.61 Å². The van der Waals surface area contributed by atoms with Crippen LogP contribution >= 0.6 is 27.3 Å². The highest BCUT2D eigenvalue weighted by Crippen LogP contribution is 2.32. The molecule has 0 fully saturated rings. The molecule has 1 heterocycles. The lowest BCUT2D eigenvalue weighted by atomic mass is 10.1. The van der Waals surface area contributed by atoms with Gasteiger partial charge in [-0.15, -0.1) is 11.3 Å². The predicted octanol–water partition coefficient (Wildman–Crippen LogP) is 3.67. The number of thiazole rings is 1. The van der Waals surface area contributed by atoms with E-state index in [2.05, 4.69) is 52.1 Å². The zero-order chi connectivity index (χ0) is 12.3. The van der Waals surface area contributed by atoms with Crippen LogP contribution in [0.5, 0.6) is 0 Å². The quantitative estimate of drug-likeness (QED) is 0.934. The topological polar surface area (TPSA) is 33.1 Å². The average Bonchev–Trinajstić information content (AvgIpc) is 2.72. The summed E-state index contributed by atoms with van der Waals surface area (Å²) in [6, 6.07) is 8.48. The second kappa shape index (κ2) is 5.76. The molecule has 0 saturated carbocycles. The number of hydrogen-bond donors (Lipinski definition) is 1. The first kappa shape index (κ1) is 12.7. The Labute approximate surface area is 113 Å². The molecule has 0 radical (unpaired) electrons. The normalized spacial score (nSPS) is 10.8. The number of hydrogen-bond acceptors (Lipinski definition) is 3. The Morgan fingerprint density at radius 1 is 1.29 bits per heavy atom. The van der Waals surface area contributed by atoms with Gasteiger partial charge in [-0.1, -0.05) is 31.2 Å². The second-order valence-corrected chi connectivity index (χ2v) is 6.08. The van der Waals surface area contributed by atoms with Gasteiger partial charge >= 0.3 is 0 Å². The molecule has 17 heavy (non-hydrogen) atoms. The van der Waals surface area contributed by atoms with Gasteiger partial charge in [-0.25, -0.2) is 4.98 Å². The van der Waals surface area contributed by atoms with Crippen molar-refractivity contribution in [1.29, 1.82) is 0 Å². The Hall–Kier alpha value is -0.710. The second-order valence-electron chi connectivity index (χ2n) is 3.76. The highest BCUT2D eigenvalue weighted by Gasteiger charge is 2.09. The zero-order valence-corrected chi connectivity index (χ0v) is 12.0. The van der Waals surface area contributed by atoms with Gasteiger partial charge < -0.3 is 5.11 Å². The van der Waals surface area contributed by atoms with Crippen LogP contribution in [0.2, 0.25) is 0 Å². The highest BCUT2D eigenvalue weighted by atomic mass is 79.9. The Kier molecular flexibility index (Phi) is 4.31. The molecule has 0 saturated heterocycles. The summed E-state index contributed by atoms with van der Waals surface area (Å²) < 4.78 is 1.01. The lowest BCUT2D eigenvalue weighted by molar-refractivity contribution is 0.298. The number of aryl methyl sites for hydroxylation is 1. The molecule has 2 aromatic rings. The number of rotatable bonds is 4. The smallest absolute Gasteiger partial charge is 0.124 e. The summed E-state index contributed by atoms with van der Waals surface area (Å²) in [6.07, 6.45) is 1.65. The molecule has 1 N–H and O–H groups in total. The number of nitrogens with zero attached hydrogens (tertiary/aromatic N) is 1. The first-order chi connectivity index (χ1) is 8.24. The summed E-state index contributed by atoms with van der Waals surface area (Å²) in [5.41, 5.74) is 3.41. The Morgan fingerprint density at radius 3 is 2.59 bits per heavy atom. The molecule has 0 aliphatic heterocycles. The van der Waals surface area contributed by atoms with Gasteiger partial charge in [-0.05, 0) is 27.9 Å². The van der Waals surface area contributed by atoms with E-state index in [1.54, 1.807) is 11.3 Å². The number of aromatic nitrogens is 1. The van der Waals surface area contributed by atoms with Crippen molar-refractivity contribution in [2.45, 2.75) is 19.8 Å². The molecule has 4 heteroatoms. The lowest BCUT2D eigenvalue weighted by Crippen LogP contribution is -1.91. The van der Waals surface area contributed by atoms with Crippen LogP contribution in [0.3, 0.4) is 0 Å². The Morgan fingerprint density at radius 2 is 2.00 bits per heavy atom. The molecule has 1 aromatic heterocycles. The van der Waals surface area contributed by atoms with E-state index in [1.807, 2.05) is 0 Å². The van der Waals surface area contributed by atoms with Crippen molar-refractivity contribution in [3.8, 4) is 10.6 Å². The van der Waals surface area contributed by atoms with Crippen molar-refractivity contribution < 1.29 is 5.11 Å². The number of aliphatic hydroxyl groups is 1. The summed E-state index contributed by atoms with van der Waals surface area (Å²) in [6.45, 7) is 2.28. The van der Waals surface area contributed by atoms with Crippen LogP contribution in [0.15, 0.2) is 28.1 Å². The van der Waals surface area contributed by atoms with E-state index in [4.69, 9.17) is 5.11 Å². The first-order valence-electron chi connectivity index (χ1n) is 5.60. The van der Waals surface area contributed by atoms with Gasteiger partial charge in [-0.3, -0.25) is 0 Å². The third kappa shape index (κ3) is 2.94. The van der Waals surface area contributed by atoms with Gasteiger partial charge in [-0.2, -0.15) is 0 Å². The van der Waals surface area contributed by atoms with Crippen LogP contribution < -0.4 is 0 Å². The van der Waals surface area contributed by atoms with E-state index >= 15 is 0 Å². The van der Waals surface area contributed by atoms with Gasteiger partial charge in [0.1, 0.15) is 5.01 Å². The Bertz CT molecular complexity index is 493. The van der Waals surface area contributed by atoms with E-state index in [0.717, 1.165) is 26.5 Å². The first-order valence-corrected chi connectivity index (χ1v) is 7.21. The summed E-state index contributed by atoms with van der Waals surface area (Å²) in [5, 5.41) is 9.94. The number of halogens is 1. The molecule has 0 bridgehead atoms. The summed E-state index contributed by atoms with van der Waals surface area (Å²) in [5.74, 6) is 0. The standard InChI is InChI=1S/C13H14BrNOS/c1-2-9-3-5-10(6-4-9)13-15-11(7-8-16)12(14)17-13/h3-6,16H,2,7-8H2,1H3. The van der Waals surface area contributed by atoms with E-state index < -0.39 is 0 Å². The lowest BCUT2D eigenvalue weighted by Gasteiger charge is -1.98. The number of aliphatic hydroxyl groups excluding tert-OH is 1. The van der Waals surface area contributed by atoms with Gasteiger partial charge in [0.05, 0.1) is 9.48 Å². The maximum Gasteiger partial charge on any atom is 0.124 e. The SMILES string of the molecule is CCc1ccc(-c2nc(CCO)c(Br)s2)cc1. The highest BCUT2D eigenvalue weighted by molar-refractivity contribution is 9.11. The molecule has 0 aliphatic rings. The minimum Gasteiger partial charge on any atom is -0.396 e. The maximum absolute atomic E-state index is 8.94. The minimum atomic E-state index is 0.135. The molecule has 0 unspecified atom stereocenters. The maximum atomic E-state index is 8.94. The van der Waals surface area contributed by atoms with Crippen LogP contribution in [0.1, 0.15) is 18.2 Å². The fraction of sp³-hybridized carbons (Fsp3) is 0.308. The molecular weight excluding hydrogens is 298 g/mol. The molecule has 0 atom stereocenters. The predicted molar refractivity (Wildman–Crippen MR) is 75.4 cm³/mol. The van der Waals surface area contributed by atoms with E-state index in [9.17, 15) is 0 Å². The van der Waals surface area contributed by atoms with Crippen molar-refractivity contribution in [2.24, 2.45) is 0 Å². The fourth-order valence-electron chi connectivity index (χ4n) is 1.60. The zero-order valence-electron chi connectivity index (χ0n) is 9.61. The monoisotopic (exact) mass is 311 g/mol. The third-order valence-corrected chi connectivity index (χ3v) is 4.49. The minimum absolute atomic E-state index is 0.135.